The molecule has 4 N–H and O–H groups in total. The molecule has 0 bridgehead atoms. The Morgan fingerprint density at radius 1 is 1.40 bits per heavy atom. The number of primary amides is 1. The fourth-order valence-electron chi connectivity index (χ4n) is 2.99. The van der Waals surface area contributed by atoms with Crippen LogP contribution in [-0.2, 0) is 13.0 Å². The van der Waals surface area contributed by atoms with Crippen molar-refractivity contribution < 1.29 is 4.79 Å². The number of nitrogens with two attached hydrogens (primary N) is 2. The molecule has 5 nitrogen and oxygen atoms in total. The number of carbonyl (C=O) groups is 1. The highest BCUT2D eigenvalue weighted by Crippen LogP contribution is 2.32. The fraction of sp³-hybridized carbons (Fsp3) is 0.333. The summed E-state index contributed by atoms with van der Waals surface area (Å²) in [6.45, 7) is 0.731. The minimum absolute atomic E-state index is 0.161. The molecule has 3 rings (SSSR count). The number of benzene rings is 1. The molecule has 1 aromatic heterocycles. The molecule has 1 aliphatic carbocycles. The summed E-state index contributed by atoms with van der Waals surface area (Å²) in [6, 6.07) is 8.52. The summed E-state index contributed by atoms with van der Waals surface area (Å²) in [5.41, 5.74) is 14.3. The van der Waals surface area contributed by atoms with Crippen molar-refractivity contribution in [3.8, 4) is 0 Å². The van der Waals surface area contributed by atoms with E-state index in [0.29, 0.717) is 11.6 Å². The minimum Gasteiger partial charge on any atom is -0.396 e. The first-order valence-corrected chi connectivity index (χ1v) is 6.85. The number of aromatic nitrogens is 2. The van der Waals surface area contributed by atoms with Crippen LogP contribution in [0, 0.1) is 0 Å². The van der Waals surface area contributed by atoms with E-state index in [9.17, 15) is 4.79 Å². The van der Waals surface area contributed by atoms with Gasteiger partial charge in [0.05, 0.1) is 5.69 Å². The number of aryl methyl sites for hydroxylation is 1. The summed E-state index contributed by atoms with van der Waals surface area (Å²) < 4.78 is 1.74. The molecule has 104 valence electrons. The summed E-state index contributed by atoms with van der Waals surface area (Å²) in [4.78, 5) is 11.2. The molecule has 0 saturated carbocycles. The van der Waals surface area contributed by atoms with Crippen LogP contribution in [0.1, 0.15) is 40.4 Å². The fourth-order valence-corrected chi connectivity index (χ4v) is 2.99. The van der Waals surface area contributed by atoms with Gasteiger partial charge in [-0.05, 0) is 30.4 Å². The number of rotatable bonds is 3. The van der Waals surface area contributed by atoms with Crippen LogP contribution in [0.15, 0.2) is 30.5 Å². The predicted octanol–water partition coefficient (Wildman–Crippen LogP) is 1.68. The summed E-state index contributed by atoms with van der Waals surface area (Å²) >= 11 is 0. The van der Waals surface area contributed by atoms with Gasteiger partial charge < -0.3 is 11.5 Å². The van der Waals surface area contributed by atoms with Gasteiger partial charge in [0, 0.05) is 18.7 Å². The smallest absolute Gasteiger partial charge is 0.271 e. The monoisotopic (exact) mass is 270 g/mol. The van der Waals surface area contributed by atoms with Gasteiger partial charge in [0.1, 0.15) is 0 Å². The molecule has 1 atom stereocenters. The van der Waals surface area contributed by atoms with Crippen LogP contribution < -0.4 is 11.5 Å². The van der Waals surface area contributed by atoms with E-state index in [2.05, 4.69) is 29.4 Å². The molecule has 1 heterocycles. The summed E-state index contributed by atoms with van der Waals surface area (Å²) in [5, 5.41) is 4.19. The van der Waals surface area contributed by atoms with Gasteiger partial charge in [0.15, 0.2) is 5.69 Å². The Hall–Kier alpha value is -2.30. The van der Waals surface area contributed by atoms with E-state index < -0.39 is 5.91 Å². The lowest BCUT2D eigenvalue weighted by Crippen LogP contribution is -2.17. The predicted molar refractivity (Wildman–Crippen MR) is 77.3 cm³/mol. The third kappa shape index (κ3) is 2.27. The number of carbonyl (C=O) groups excluding carboxylic acids is 1. The highest BCUT2D eigenvalue weighted by molar-refractivity contribution is 5.95. The van der Waals surface area contributed by atoms with E-state index >= 15 is 0 Å². The molecule has 1 unspecified atom stereocenters. The second-order valence-electron chi connectivity index (χ2n) is 5.31. The van der Waals surface area contributed by atoms with E-state index in [4.69, 9.17) is 11.5 Å². The molecule has 0 radical (unpaired) electrons. The number of hydrogen-bond donors (Lipinski definition) is 2. The largest absolute Gasteiger partial charge is 0.396 e. The molecule has 1 aliphatic rings. The highest BCUT2D eigenvalue weighted by atomic mass is 16.1. The van der Waals surface area contributed by atoms with Crippen LogP contribution in [0.2, 0.25) is 0 Å². The van der Waals surface area contributed by atoms with Crippen LogP contribution >= 0.6 is 0 Å². The lowest BCUT2D eigenvalue weighted by molar-refractivity contribution is 0.0995. The van der Waals surface area contributed by atoms with Crippen LogP contribution in [0.3, 0.4) is 0 Å². The van der Waals surface area contributed by atoms with Gasteiger partial charge in [0.25, 0.3) is 5.91 Å². The Morgan fingerprint density at radius 3 is 2.95 bits per heavy atom. The van der Waals surface area contributed by atoms with E-state index in [1.165, 1.54) is 17.5 Å². The number of nitrogens with zero attached hydrogens (tertiary/aromatic N) is 2. The van der Waals surface area contributed by atoms with Gasteiger partial charge in [-0.1, -0.05) is 24.3 Å². The van der Waals surface area contributed by atoms with Crippen molar-refractivity contribution in [3.63, 3.8) is 0 Å². The van der Waals surface area contributed by atoms with Crippen molar-refractivity contribution in [1.29, 1.82) is 0 Å². The lowest BCUT2D eigenvalue weighted by Gasteiger charge is -2.25. The highest BCUT2D eigenvalue weighted by Gasteiger charge is 2.21. The molecular weight excluding hydrogens is 252 g/mol. The van der Waals surface area contributed by atoms with Gasteiger partial charge in [-0.3, -0.25) is 9.48 Å². The Morgan fingerprint density at radius 2 is 2.20 bits per heavy atom. The maximum absolute atomic E-state index is 11.2. The Labute approximate surface area is 117 Å². The van der Waals surface area contributed by atoms with Crippen LogP contribution in [0.5, 0.6) is 0 Å². The quantitative estimate of drug-likeness (QED) is 0.889. The zero-order valence-electron chi connectivity index (χ0n) is 11.2. The van der Waals surface area contributed by atoms with Crippen LogP contribution in [0.25, 0.3) is 0 Å². The van der Waals surface area contributed by atoms with Gasteiger partial charge in [-0.15, -0.1) is 0 Å². The third-order valence-corrected chi connectivity index (χ3v) is 3.92. The molecule has 1 amide bonds. The third-order valence-electron chi connectivity index (χ3n) is 3.92. The Kier molecular flexibility index (Phi) is 3.18. The average molecular weight is 270 g/mol. The van der Waals surface area contributed by atoms with E-state index in [0.717, 1.165) is 19.4 Å². The van der Waals surface area contributed by atoms with Crippen molar-refractivity contribution in [3.05, 3.63) is 47.3 Å². The summed E-state index contributed by atoms with van der Waals surface area (Å²) in [5.74, 6) is -0.162. The second kappa shape index (κ2) is 5.00. The molecule has 0 saturated heterocycles. The molecule has 1 aromatic carbocycles. The molecule has 5 heteroatoms. The van der Waals surface area contributed by atoms with Crippen molar-refractivity contribution in [2.24, 2.45) is 5.73 Å². The second-order valence-corrected chi connectivity index (χ2v) is 5.31. The molecule has 0 fully saturated rings. The molecule has 20 heavy (non-hydrogen) atoms. The normalized spacial score (nSPS) is 17.7. The van der Waals surface area contributed by atoms with Gasteiger partial charge in [0.2, 0.25) is 0 Å². The number of amides is 1. The average Bonchev–Trinajstić information content (AvgIpc) is 2.80. The first-order valence-electron chi connectivity index (χ1n) is 6.85. The van der Waals surface area contributed by atoms with Crippen LogP contribution in [-0.4, -0.2) is 15.7 Å². The van der Waals surface area contributed by atoms with Crippen molar-refractivity contribution in [2.75, 3.05) is 5.73 Å². The van der Waals surface area contributed by atoms with Gasteiger partial charge in [-0.25, -0.2) is 0 Å². The summed E-state index contributed by atoms with van der Waals surface area (Å²) in [6.07, 6.45) is 5.14. The topological polar surface area (TPSA) is 86.9 Å². The van der Waals surface area contributed by atoms with Gasteiger partial charge in [-0.2, -0.15) is 5.10 Å². The number of nitrogen functional groups attached to an aromatic ring is 1. The number of anilines is 1. The maximum atomic E-state index is 11.2. The standard InChI is InChI=1S/C15H18N4O/c16-13-9-19(18-14(13)15(17)20)8-11-6-3-5-10-4-1-2-7-12(10)11/h1-2,4,7,9,11H,3,5-6,8,16H2,(H2,17,20). The lowest BCUT2D eigenvalue weighted by atomic mass is 9.83. The Balaban J connectivity index is 1.86. The zero-order valence-corrected chi connectivity index (χ0v) is 11.2. The molecule has 0 spiro atoms. The minimum atomic E-state index is -0.578. The van der Waals surface area contributed by atoms with Gasteiger partial charge >= 0.3 is 0 Å². The molecular formula is C15H18N4O. The first kappa shape index (κ1) is 12.7. The van der Waals surface area contributed by atoms with Crippen LogP contribution in [0.4, 0.5) is 5.69 Å². The van der Waals surface area contributed by atoms with Crippen molar-refractivity contribution in [1.82, 2.24) is 9.78 Å². The van der Waals surface area contributed by atoms with Crippen molar-refractivity contribution >= 4 is 11.6 Å². The van der Waals surface area contributed by atoms with E-state index in [-0.39, 0.29) is 5.69 Å². The zero-order chi connectivity index (χ0) is 14.1. The SMILES string of the molecule is NC(=O)c1nn(CC2CCCc3ccccc32)cc1N. The van der Waals surface area contributed by atoms with Crippen molar-refractivity contribution in [2.45, 2.75) is 31.7 Å². The number of hydrogen-bond acceptors (Lipinski definition) is 3. The van der Waals surface area contributed by atoms with E-state index in [1.54, 1.807) is 10.9 Å². The Bertz CT molecular complexity index is 647. The maximum Gasteiger partial charge on any atom is 0.271 e. The summed E-state index contributed by atoms with van der Waals surface area (Å²) in [7, 11) is 0. The first-order chi connectivity index (χ1) is 9.65. The molecule has 0 aliphatic heterocycles. The molecule has 2 aromatic rings. The van der Waals surface area contributed by atoms with E-state index in [1.807, 2.05) is 0 Å². The number of fused-ring (bicyclic) bond motifs is 1.